The van der Waals surface area contributed by atoms with Gasteiger partial charge in [-0.1, -0.05) is 48.5 Å². The number of aryl methyl sites for hydroxylation is 1. The van der Waals surface area contributed by atoms with E-state index >= 15 is 0 Å². The van der Waals surface area contributed by atoms with E-state index in [1.54, 1.807) is 18.5 Å². The van der Waals surface area contributed by atoms with Crippen LogP contribution in [0.15, 0.2) is 73.1 Å². The van der Waals surface area contributed by atoms with Crippen LogP contribution in [0.1, 0.15) is 11.1 Å². The fourth-order valence-corrected chi connectivity index (χ4v) is 2.22. The van der Waals surface area contributed by atoms with Gasteiger partial charge in [0.05, 0.1) is 0 Å². The Labute approximate surface area is 140 Å². The zero-order valence-electron chi connectivity index (χ0n) is 13.3. The number of nitrogens with one attached hydrogen (secondary N) is 1. The molecule has 4 heteroatoms. The number of anilines is 1. The second-order valence-corrected chi connectivity index (χ2v) is 5.34. The summed E-state index contributed by atoms with van der Waals surface area (Å²) in [5.41, 5.74) is 3.57. The Kier molecular flexibility index (Phi) is 4.77. The van der Waals surface area contributed by atoms with Crippen molar-refractivity contribution in [3.05, 3.63) is 84.2 Å². The zero-order chi connectivity index (χ0) is 16.8. The number of hydrogen-bond acceptors (Lipinski definition) is 3. The first-order chi connectivity index (χ1) is 11.7. The van der Waals surface area contributed by atoms with Gasteiger partial charge in [0, 0.05) is 35.3 Å². The number of para-hydroxylation sites is 1. The first-order valence-electron chi connectivity index (χ1n) is 7.64. The Morgan fingerprint density at radius 1 is 0.958 bits per heavy atom. The molecule has 1 amide bonds. The second kappa shape index (κ2) is 7.33. The molecule has 0 radical (unpaired) electrons. The first-order valence-corrected chi connectivity index (χ1v) is 7.64. The van der Waals surface area contributed by atoms with Crippen molar-refractivity contribution >= 4 is 17.7 Å². The van der Waals surface area contributed by atoms with Crippen LogP contribution in [-0.4, -0.2) is 15.9 Å². The summed E-state index contributed by atoms with van der Waals surface area (Å²) < 4.78 is 0. The van der Waals surface area contributed by atoms with Crippen LogP contribution in [0, 0.1) is 6.92 Å². The van der Waals surface area contributed by atoms with E-state index < -0.39 is 0 Å². The molecular weight excluding hydrogens is 298 g/mol. The molecule has 118 valence electrons. The van der Waals surface area contributed by atoms with Crippen molar-refractivity contribution in [3.63, 3.8) is 0 Å². The van der Waals surface area contributed by atoms with Crippen LogP contribution in [0.2, 0.25) is 0 Å². The van der Waals surface area contributed by atoms with Gasteiger partial charge >= 0.3 is 0 Å². The largest absolute Gasteiger partial charge is 0.322 e. The van der Waals surface area contributed by atoms with Crippen LogP contribution in [-0.2, 0) is 4.79 Å². The van der Waals surface area contributed by atoms with E-state index in [1.165, 1.54) is 6.08 Å². The summed E-state index contributed by atoms with van der Waals surface area (Å²) >= 11 is 0. The van der Waals surface area contributed by atoms with Crippen molar-refractivity contribution in [1.29, 1.82) is 0 Å². The lowest BCUT2D eigenvalue weighted by Gasteiger charge is -2.05. The fraction of sp³-hybridized carbons (Fsp3) is 0.0500. The third-order valence-corrected chi connectivity index (χ3v) is 3.53. The molecule has 0 unspecified atom stereocenters. The maximum atomic E-state index is 12.0. The van der Waals surface area contributed by atoms with E-state index in [0.29, 0.717) is 5.82 Å². The van der Waals surface area contributed by atoms with Gasteiger partial charge in [-0.2, -0.15) is 0 Å². The van der Waals surface area contributed by atoms with E-state index in [0.717, 1.165) is 22.4 Å². The van der Waals surface area contributed by atoms with Crippen molar-refractivity contribution in [3.8, 4) is 11.4 Å². The average molecular weight is 315 g/mol. The number of aromatic nitrogens is 2. The minimum Gasteiger partial charge on any atom is -0.322 e. The molecule has 4 nitrogen and oxygen atoms in total. The van der Waals surface area contributed by atoms with Gasteiger partial charge in [-0.15, -0.1) is 0 Å². The van der Waals surface area contributed by atoms with Crippen molar-refractivity contribution in [2.75, 3.05) is 5.32 Å². The van der Waals surface area contributed by atoms with Crippen molar-refractivity contribution < 1.29 is 4.79 Å². The van der Waals surface area contributed by atoms with Crippen LogP contribution in [0.5, 0.6) is 0 Å². The molecule has 0 aliphatic heterocycles. The molecule has 0 saturated heterocycles. The van der Waals surface area contributed by atoms with Gasteiger partial charge in [0.15, 0.2) is 5.82 Å². The molecule has 0 atom stereocenters. The van der Waals surface area contributed by atoms with Crippen LogP contribution in [0.4, 0.5) is 5.69 Å². The Hall–Kier alpha value is -3.27. The van der Waals surface area contributed by atoms with Gasteiger partial charge in [-0.3, -0.25) is 4.79 Å². The van der Waals surface area contributed by atoms with Gasteiger partial charge in [-0.25, -0.2) is 9.97 Å². The van der Waals surface area contributed by atoms with E-state index in [4.69, 9.17) is 0 Å². The lowest BCUT2D eigenvalue weighted by Crippen LogP contribution is -2.08. The predicted octanol–water partition coefficient (Wildman–Crippen LogP) is 4.10. The van der Waals surface area contributed by atoms with E-state index in [9.17, 15) is 4.79 Å². The van der Waals surface area contributed by atoms with Crippen molar-refractivity contribution in [1.82, 2.24) is 9.97 Å². The topological polar surface area (TPSA) is 54.9 Å². The molecule has 0 fully saturated rings. The standard InChI is InChI=1S/C20H17N3O/c1-15-7-5-6-10-18(15)23-19(24)12-11-16-13-21-20(22-14-16)17-8-3-2-4-9-17/h2-14H,1H3,(H,23,24)/b12-11+. The normalized spacial score (nSPS) is 10.7. The molecule has 3 rings (SSSR count). The van der Waals surface area contributed by atoms with Crippen molar-refractivity contribution in [2.45, 2.75) is 6.92 Å². The van der Waals surface area contributed by atoms with Gasteiger partial charge in [-0.05, 0) is 24.6 Å². The van der Waals surface area contributed by atoms with Gasteiger partial charge in [0.25, 0.3) is 0 Å². The Morgan fingerprint density at radius 2 is 1.62 bits per heavy atom. The highest BCUT2D eigenvalue weighted by molar-refractivity contribution is 6.02. The summed E-state index contributed by atoms with van der Waals surface area (Å²) in [6.07, 6.45) is 6.58. The molecule has 0 saturated carbocycles. The van der Waals surface area contributed by atoms with Crippen LogP contribution in [0.25, 0.3) is 17.5 Å². The number of amides is 1. The molecule has 3 aromatic rings. The summed E-state index contributed by atoms with van der Waals surface area (Å²) in [6, 6.07) is 17.4. The number of nitrogens with zero attached hydrogens (tertiary/aromatic N) is 2. The van der Waals surface area contributed by atoms with Crippen molar-refractivity contribution in [2.24, 2.45) is 0 Å². The molecular formula is C20H17N3O. The molecule has 0 bridgehead atoms. The fourth-order valence-electron chi connectivity index (χ4n) is 2.22. The highest BCUT2D eigenvalue weighted by atomic mass is 16.1. The number of hydrogen-bond donors (Lipinski definition) is 1. The number of rotatable bonds is 4. The van der Waals surface area contributed by atoms with Crippen LogP contribution in [0.3, 0.4) is 0 Å². The average Bonchev–Trinajstić information content (AvgIpc) is 2.63. The molecule has 0 spiro atoms. The second-order valence-electron chi connectivity index (χ2n) is 5.34. The lowest BCUT2D eigenvalue weighted by atomic mass is 10.2. The quantitative estimate of drug-likeness (QED) is 0.737. The molecule has 0 aliphatic carbocycles. The minimum absolute atomic E-state index is 0.184. The van der Waals surface area contributed by atoms with E-state index in [2.05, 4.69) is 15.3 Å². The highest BCUT2D eigenvalue weighted by Crippen LogP contribution is 2.14. The summed E-state index contributed by atoms with van der Waals surface area (Å²) in [5.74, 6) is 0.480. The number of carbonyl (C=O) groups excluding carboxylic acids is 1. The molecule has 1 heterocycles. The summed E-state index contributed by atoms with van der Waals surface area (Å²) in [5, 5.41) is 2.85. The summed E-state index contributed by atoms with van der Waals surface area (Å²) in [6.45, 7) is 1.95. The molecule has 24 heavy (non-hydrogen) atoms. The van der Waals surface area contributed by atoms with Crippen LogP contribution >= 0.6 is 0 Å². The van der Waals surface area contributed by atoms with Crippen LogP contribution < -0.4 is 5.32 Å². The third-order valence-electron chi connectivity index (χ3n) is 3.53. The maximum Gasteiger partial charge on any atom is 0.248 e. The molecule has 2 aromatic carbocycles. The SMILES string of the molecule is Cc1ccccc1NC(=O)/C=C/c1cnc(-c2ccccc2)nc1. The minimum atomic E-state index is -0.184. The monoisotopic (exact) mass is 315 g/mol. The van der Waals surface area contributed by atoms with Gasteiger partial charge in [0.2, 0.25) is 5.91 Å². The smallest absolute Gasteiger partial charge is 0.248 e. The molecule has 0 aliphatic rings. The zero-order valence-corrected chi connectivity index (χ0v) is 13.3. The number of benzene rings is 2. The Bertz CT molecular complexity index is 856. The predicted molar refractivity (Wildman–Crippen MR) is 96.3 cm³/mol. The van der Waals surface area contributed by atoms with Gasteiger partial charge < -0.3 is 5.32 Å². The Morgan fingerprint density at radius 3 is 2.33 bits per heavy atom. The number of carbonyl (C=O) groups is 1. The summed E-state index contributed by atoms with van der Waals surface area (Å²) in [4.78, 5) is 20.6. The summed E-state index contributed by atoms with van der Waals surface area (Å²) in [7, 11) is 0. The van der Waals surface area contributed by atoms with Gasteiger partial charge in [0.1, 0.15) is 0 Å². The first kappa shape index (κ1) is 15.6. The van der Waals surface area contributed by atoms with E-state index in [-0.39, 0.29) is 5.91 Å². The molecule has 1 N–H and O–H groups in total. The Balaban J connectivity index is 1.66. The van der Waals surface area contributed by atoms with E-state index in [1.807, 2.05) is 61.5 Å². The highest BCUT2D eigenvalue weighted by Gasteiger charge is 2.02. The third kappa shape index (κ3) is 3.93. The maximum absolute atomic E-state index is 12.0. The lowest BCUT2D eigenvalue weighted by molar-refractivity contribution is -0.111. The molecule has 1 aromatic heterocycles.